The molecular weight excluding hydrogens is 258 g/mol. The minimum absolute atomic E-state index is 0.394. The van der Waals surface area contributed by atoms with Crippen molar-refractivity contribution in [2.45, 2.75) is 33.1 Å². The highest BCUT2D eigenvalue weighted by Crippen LogP contribution is 2.23. The smallest absolute Gasteiger partial charge is 0.347 e. The van der Waals surface area contributed by atoms with Crippen molar-refractivity contribution in [3.05, 3.63) is 51.0 Å². The van der Waals surface area contributed by atoms with Crippen molar-refractivity contribution in [3.63, 3.8) is 0 Å². The molecule has 19 heavy (non-hydrogen) atoms. The molecule has 0 aliphatic heterocycles. The summed E-state index contributed by atoms with van der Waals surface area (Å²) in [5.74, 6) is -0.864. The van der Waals surface area contributed by atoms with Gasteiger partial charge in [-0.15, -0.1) is 11.3 Å². The first-order chi connectivity index (χ1) is 9.11. The molecule has 1 aromatic carbocycles. The summed E-state index contributed by atoms with van der Waals surface area (Å²) in [7, 11) is 0. The van der Waals surface area contributed by atoms with Crippen molar-refractivity contribution >= 4 is 17.3 Å². The maximum atomic E-state index is 11.2. The first-order valence-corrected chi connectivity index (χ1v) is 7.19. The third kappa shape index (κ3) is 3.20. The molecule has 0 atom stereocenters. The summed E-state index contributed by atoms with van der Waals surface area (Å²) in [6.07, 6.45) is 2.35. The van der Waals surface area contributed by atoms with Gasteiger partial charge in [-0.1, -0.05) is 37.6 Å². The highest BCUT2D eigenvalue weighted by atomic mass is 32.1. The highest BCUT2D eigenvalue weighted by Gasteiger charge is 2.16. The lowest BCUT2D eigenvalue weighted by Gasteiger charge is -2.02. The van der Waals surface area contributed by atoms with E-state index in [2.05, 4.69) is 24.0 Å². The summed E-state index contributed by atoms with van der Waals surface area (Å²) >= 11 is 1.30. The Morgan fingerprint density at radius 1 is 1.37 bits per heavy atom. The Bertz CT molecular complexity index is 590. The molecule has 0 spiro atoms. The monoisotopic (exact) mass is 275 g/mol. The average Bonchev–Trinajstić information content (AvgIpc) is 2.76. The number of rotatable bonds is 5. The number of carbonyl (C=O) groups is 1. The molecule has 0 aliphatic rings. The van der Waals surface area contributed by atoms with Gasteiger partial charge in [-0.05, 0) is 24.5 Å². The maximum absolute atomic E-state index is 11.2. The van der Waals surface area contributed by atoms with Crippen molar-refractivity contribution < 1.29 is 9.90 Å². The Morgan fingerprint density at radius 3 is 2.74 bits per heavy atom. The van der Waals surface area contributed by atoms with Crippen molar-refractivity contribution in [1.82, 2.24) is 4.98 Å². The van der Waals surface area contributed by atoms with E-state index in [0.29, 0.717) is 11.3 Å². The van der Waals surface area contributed by atoms with E-state index in [1.165, 1.54) is 22.5 Å². The van der Waals surface area contributed by atoms with E-state index < -0.39 is 5.97 Å². The molecule has 100 valence electrons. The normalized spacial score (nSPS) is 10.6. The zero-order valence-electron chi connectivity index (χ0n) is 11.1. The van der Waals surface area contributed by atoms with Gasteiger partial charge in [0.25, 0.3) is 0 Å². The van der Waals surface area contributed by atoms with Crippen LogP contribution in [0, 0.1) is 6.92 Å². The predicted octanol–water partition coefficient (Wildman–Crippen LogP) is 3.69. The number of benzene rings is 1. The minimum atomic E-state index is -0.864. The minimum Gasteiger partial charge on any atom is -0.477 e. The van der Waals surface area contributed by atoms with Crippen molar-refractivity contribution in [1.29, 1.82) is 0 Å². The summed E-state index contributed by atoms with van der Waals surface area (Å²) in [6.45, 7) is 4.10. The Kier molecular flexibility index (Phi) is 4.32. The van der Waals surface area contributed by atoms with E-state index in [4.69, 9.17) is 0 Å². The van der Waals surface area contributed by atoms with Crippen molar-refractivity contribution in [2.24, 2.45) is 0 Å². The lowest BCUT2D eigenvalue weighted by molar-refractivity contribution is 0.0700. The molecule has 1 aromatic heterocycles. The molecule has 0 saturated carbocycles. The van der Waals surface area contributed by atoms with Gasteiger partial charge in [-0.2, -0.15) is 0 Å². The molecule has 4 heteroatoms. The van der Waals surface area contributed by atoms with Gasteiger partial charge in [0.1, 0.15) is 4.88 Å². The van der Waals surface area contributed by atoms with Gasteiger partial charge in [-0.3, -0.25) is 0 Å². The summed E-state index contributed by atoms with van der Waals surface area (Å²) < 4.78 is 0. The van der Waals surface area contributed by atoms with E-state index in [1.54, 1.807) is 0 Å². The Labute approximate surface area is 116 Å². The molecule has 0 bridgehead atoms. The molecular formula is C15H17NO2S. The fraction of sp³-hybridized carbons (Fsp3) is 0.333. The van der Waals surface area contributed by atoms with Crippen LogP contribution in [-0.2, 0) is 12.8 Å². The molecule has 0 saturated heterocycles. The van der Waals surface area contributed by atoms with Crippen LogP contribution in [0.1, 0.15) is 44.8 Å². The van der Waals surface area contributed by atoms with Crippen molar-refractivity contribution in [3.8, 4) is 0 Å². The lowest BCUT2D eigenvalue weighted by atomic mass is 10.1. The second-order valence-electron chi connectivity index (χ2n) is 4.54. The van der Waals surface area contributed by atoms with Crippen LogP contribution in [-0.4, -0.2) is 16.1 Å². The second-order valence-corrected chi connectivity index (χ2v) is 5.63. The standard InChI is InChI=1S/C15H17NO2S/c1-3-6-12-14(15(17)18)19-13(16-12)9-11-8-5-4-7-10(11)2/h4-5,7-8H,3,6,9H2,1-2H3,(H,17,18). The van der Waals surface area contributed by atoms with E-state index >= 15 is 0 Å². The molecule has 0 unspecified atom stereocenters. The summed E-state index contributed by atoms with van der Waals surface area (Å²) in [5.41, 5.74) is 3.14. The van der Waals surface area contributed by atoms with E-state index in [1.807, 2.05) is 19.1 Å². The average molecular weight is 275 g/mol. The summed E-state index contributed by atoms with van der Waals surface area (Å²) in [5, 5.41) is 10.1. The van der Waals surface area contributed by atoms with Gasteiger partial charge in [0, 0.05) is 6.42 Å². The molecule has 0 aliphatic carbocycles. The van der Waals surface area contributed by atoms with Gasteiger partial charge < -0.3 is 5.11 Å². The van der Waals surface area contributed by atoms with Crippen LogP contribution in [0.2, 0.25) is 0 Å². The van der Waals surface area contributed by atoms with Gasteiger partial charge >= 0.3 is 5.97 Å². The topological polar surface area (TPSA) is 50.2 Å². The van der Waals surface area contributed by atoms with Gasteiger partial charge in [0.15, 0.2) is 0 Å². The number of aromatic nitrogens is 1. The quantitative estimate of drug-likeness (QED) is 0.905. The van der Waals surface area contributed by atoms with E-state index in [-0.39, 0.29) is 0 Å². The van der Waals surface area contributed by atoms with Gasteiger partial charge in [-0.25, -0.2) is 9.78 Å². The fourth-order valence-corrected chi connectivity index (χ4v) is 2.99. The van der Waals surface area contributed by atoms with Crippen LogP contribution in [0.25, 0.3) is 0 Å². The molecule has 1 N–H and O–H groups in total. The Hall–Kier alpha value is -1.68. The maximum Gasteiger partial charge on any atom is 0.347 e. The largest absolute Gasteiger partial charge is 0.477 e. The first kappa shape index (κ1) is 13.7. The third-order valence-electron chi connectivity index (χ3n) is 3.03. The number of thiazole rings is 1. The molecule has 0 radical (unpaired) electrons. The zero-order valence-corrected chi connectivity index (χ0v) is 12.0. The number of hydrogen-bond donors (Lipinski definition) is 1. The number of aromatic carboxylic acids is 1. The number of carboxylic acids is 1. The SMILES string of the molecule is CCCc1nc(Cc2ccccc2C)sc1C(=O)O. The number of nitrogens with zero attached hydrogens (tertiary/aromatic N) is 1. The predicted molar refractivity (Wildman–Crippen MR) is 77.1 cm³/mol. The first-order valence-electron chi connectivity index (χ1n) is 6.38. The Morgan fingerprint density at radius 2 is 2.11 bits per heavy atom. The molecule has 0 fully saturated rings. The molecule has 1 heterocycles. The van der Waals surface area contributed by atoms with Crippen LogP contribution in [0.15, 0.2) is 24.3 Å². The van der Waals surface area contributed by atoms with Crippen LogP contribution in [0.4, 0.5) is 0 Å². The van der Waals surface area contributed by atoms with Gasteiger partial charge in [0.05, 0.1) is 10.7 Å². The molecule has 3 nitrogen and oxygen atoms in total. The van der Waals surface area contributed by atoms with E-state index in [9.17, 15) is 9.90 Å². The number of carboxylic acid groups (broad SMARTS) is 1. The molecule has 2 rings (SSSR count). The Balaban J connectivity index is 2.29. The molecule has 0 amide bonds. The third-order valence-corrected chi connectivity index (χ3v) is 4.11. The summed E-state index contributed by atoms with van der Waals surface area (Å²) in [6, 6.07) is 8.14. The highest BCUT2D eigenvalue weighted by molar-refractivity contribution is 7.13. The van der Waals surface area contributed by atoms with E-state index in [0.717, 1.165) is 23.5 Å². The van der Waals surface area contributed by atoms with Crippen LogP contribution in [0.5, 0.6) is 0 Å². The summed E-state index contributed by atoms with van der Waals surface area (Å²) in [4.78, 5) is 16.1. The molecule has 2 aromatic rings. The van der Waals surface area contributed by atoms with Crippen LogP contribution >= 0.6 is 11.3 Å². The van der Waals surface area contributed by atoms with Crippen molar-refractivity contribution in [2.75, 3.05) is 0 Å². The van der Waals surface area contributed by atoms with Crippen LogP contribution in [0.3, 0.4) is 0 Å². The zero-order chi connectivity index (χ0) is 13.8. The second kappa shape index (κ2) is 5.97. The lowest BCUT2D eigenvalue weighted by Crippen LogP contribution is -1.98. The fourth-order valence-electron chi connectivity index (χ4n) is 2.02. The number of aryl methyl sites for hydroxylation is 2. The van der Waals surface area contributed by atoms with Gasteiger partial charge in [0.2, 0.25) is 0 Å². The number of hydrogen-bond acceptors (Lipinski definition) is 3. The van der Waals surface area contributed by atoms with Crippen LogP contribution < -0.4 is 0 Å².